The lowest BCUT2D eigenvalue weighted by atomic mass is 9.88. The molecule has 1 aromatic heterocycles. The highest BCUT2D eigenvalue weighted by Crippen LogP contribution is 2.24. The Morgan fingerprint density at radius 1 is 1.15 bits per heavy atom. The lowest BCUT2D eigenvalue weighted by Gasteiger charge is -2.34. The predicted molar refractivity (Wildman–Crippen MR) is 100.0 cm³/mol. The van der Waals surface area contributed by atoms with Gasteiger partial charge in [0, 0.05) is 32.1 Å². The van der Waals surface area contributed by atoms with Crippen LogP contribution in [0, 0.1) is 5.92 Å². The van der Waals surface area contributed by atoms with Crippen molar-refractivity contribution >= 4 is 17.7 Å². The largest absolute Gasteiger partial charge is 0.459 e. The van der Waals surface area contributed by atoms with Gasteiger partial charge in [-0.2, -0.15) is 0 Å². The zero-order valence-electron chi connectivity index (χ0n) is 16.0. The normalized spacial score (nSPS) is 18.9. The molecule has 1 saturated carbocycles. The molecule has 7 heteroatoms. The van der Waals surface area contributed by atoms with Crippen LogP contribution < -0.4 is 5.32 Å². The third kappa shape index (κ3) is 5.11. The fraction of sp³-hybridized carbons (Fsp3) is 0.650. The van der Waals surface area contributed by atoms with Gasteiger partial charge in [0.15, 0.2) is 5.76 Å². The fourth-order valence-corrected chi connectivity index (χ4v) is 3.92. The second kappa shape index (κ2) is 9.06. The second-order valence-electron chi connectivity index (χ2n) is 7.64. The summed E-state index contributed by atoms with van der Waals surface area (Å²) in [5.74, 6) is 0.204. The molecule has 0 aromatic carbocycles. The summed E-state index contributed by atoms with van der Waals surface area (Å²) in [5, 5.41) is 3.17. The topological polar surface area (TPSA) is 82.9 Å². The Morgan fingerprint density at radius 2 is 1.85 bits per heavy atom. The van der Waals surface area contributed by atoms with E-state index in [0.717, 1.165) is 38.5 Å². The number of likely N-dealkylation sites (N-methyl/N-ethyl adjacent to an activating group) is 1. The van der Waals surface area contributed by atoms with E-state index >= 15 is 0 Å². The lowest BCUT2D eigenvalue weighted by Crippen LogP contribution is -2.50. The number of piperidine rings is 1. The molecule has 3 amide bonds. The van der Waals surface area contributed by atoms with Crippen LogP contribution in [0.1, 0.15) is 55.5 Å². The minimum atomic E-state index is -0.303. The molecule has 1 aliphatic carbocycles. The van der Waals surface area contributed by atoms with Crippen molar-refractivity contribution < 1.29 is 18.8 Å². The van der Waals surface area contributed by atoms with Gasteiger partial charge in [-0.05, 0) is 37.8 Å². The molecule has 0 spiro atoms. The molecule has 2 aliphatic rings. The Kier molecular flexibility index (Phi) is 6.53. The first-order valence-corrected chi connectivity index (χ1v) is 9.91. The van der Waals surface area contributed by atoms with Crippen LogP contribution in [0.4, 0.5) is 0 Å². The first-order chi connectivity index (χ1) is 13.0. The maximum Gasteiger partial charge on any atom is 0.289 e. The molecule has 0 atom stereocenters. The van der Waals surface area contributed by atoms with Crippen molar-refractivity contribution in [3.63, 3.8) is 0 Å². The first kappa shape index (κ1) is 19.5. The number of furan rings is 1. The van der Waals surface area contributed by atoms with Crippen molar-refractivity contribution in [2.75, 3.05) is 26.7 Å². The van der Waals surface area contributed by atoms with Gasteiger partial charge in [-0.15, -0.1) is 0 Å². The van der Waals surface area contributed by atoms with E-state index in [1.807, 2.05) is 0 Å². The smallest absolute Gasteiger partial charge is 0.289 e. The van der Waals surface area contributed by atoms with Crippen molar-refractivity contribution in [1.82, 2.24) is 15.1 Å². The van der Waals surface area contributed by atoms with Gasteiger partial charge in [-0.25, -0.2) is 0 Å². The molecular weight excluding hydrogens is 346 g/mol. The molecule has 148 valence electrons. The number of nitrogens with zero attached hydrogens (tertiary/aromatic N) is 2. The van der Waals surface area contributed by atoms with E-state index < -0.39 is 0 Å². The van der Waals surface area contributed by atoms with E-state index in [0.29, 0.717) is 13.1 Å². The van der Waals surface area contributed by atoms with Crippen LogP contribution in [0.2, 0.25) is 0 Å². The van der Waals surface area contributed by atoms with Gasteiger partial charge in [-0.1, -0.05) is 19.3 Å². The van der Waals surface area contributed by atoms with Crippen molar-refractivity contribution in [3.05, 3.63) is 24.2 Å². The Balaban J connectivity index is 1.41. The molecule has 27 heavy (non-hydrogen) atoms. The van der Waals surface area contributed by atoms with E-state index in [1.54, 1.807) is 24.1 Å². The van der Waals surface area contributed by atoms with E-state index in [-0.39, 0.29) is 42.0 Å². The highest BCUT2D eigenvalue weighted by atomic mass is 16.3. The zero-order valence-corrected chi connectivity index (χ0v) is 16.0. The van der Waals surface area contributed by atoms with Crippen LogP contribution in [0.5, 0.6) is 0 Å². The van der Waals surface area contributed by atoms with Crippen LogP contribution in [0.25, 0.3) is 0 Å². The molecule has 2 fully saturated rings. The quantitative estimate of drug-likeness (QED) is 0.854. The standard InChI is InChI=1S/C20H29N3O4/c1-22(20(26)17-8-5-13-27-17)14-18(24)23-11-9-16(10-12-23)21-19(25)15-6-3-2-4-7-15/h5,8,13,15-16H,2-4,6-7,9-12,14H2,1H3,(H,21,25). The summed E-state index contributed by atoms with van der Waals surface area (Å²) >= 11 is 0. The average molecular weight is 375 g/mol. The van der Waals surface area contributed by atoms with Crippen LogP contribution in [-0.4, -0.2) is 60.2 Å². The molecule has 1 aromatic rings. The van der Waals surface area contributed by atoms with Gasteiger partial charge < -0.3 is 19.5 Å². The highest BCUT2D eigenvalue weighted by Gasteiger charge is 2.28. The summed E-state index contributed by atoms with van der Waals surface area (Å²) < 4.78 is 5.09. The summed E-state index contributed by atoms with van der Waals surface area (Å²) in [4.78, 5) is 40.2. The van der Waals surface area contributed by atoms with Gasteiger partial charge in [-0.3, -0.25) is 14.4 Å². The van der Waals surface area contributed by atoms with Crippen LogP contribution in [-0.2, 0) is 9.59 Å². The summed E-state index contributed by atoms with van der Waals surface area (Å²) in [7, 11) is 1.60. The third-order valence-electron chi connectivity index (χ3n) is 5.62. The molecule has 0 unspecified atom stereocenters. The molecule has 1 saturated heterocycles. The molecule has 1 aliphatic heterocycles. The fourth-order valence-electron chi connectivity index (χ4n) is 3.92. The van der Waals surface area contributed by atoms with Gasteiger partial charge in [0.25, 0.3) is 5.91 Å². The SMILES string of the molecule is CN(CC(=O)N1CCC(NC(=O)C2CCCCC2)CC1)C(=O)c1ccco1. The number of amides is 3. The highest BCUT2D eigenvalue weighted by molar-refractivity contribution is 5.94. The van der Waals surface area contributed by atoms with Gasteiger partial charge in [0.05, 0.1) is 12.8 Å². The summed E-state index contributed by atoms with van der Waals surface area (Å²) in [5.41, 5.74) is 0. The number of hydrogen-bond acceptors (Lipinski definition) is 4. The summed E-state index contributed by atoms with van der Waals surface area (Å²) in [6.45, 7) is 1.24. The monoisotopic (exact) mass is 375 g/mol. The lowest BCUT2D eigenvalue weighted by molar-refractivity contribution is -0.133. The van der Waals surface area contributed by atoms with Crippen molar-refractivity contribution in [3.8, 4) is 0 Å². The Labute approximate surface area is 160 Å². The first-order valence-electron chi connectivity index (χ1n) is 9.91. The maximum atomic E-state index is 12.5. The Bertz CT molecular complexity index is 644. The number of hydrogen-bond donors (Lipinski definition) is 1. The molecule has 2 heterocycles. The molecule has 0 bridgehead atoms. The van der Waals surface area contributed by atoms with Crippen LogP contribution in [0.3, 0.4) is 0 Å². The average Bonchev–Trinajstić information content (AvgIpc) is 3.23. The van der Waals surface area contributed by atoms with Crippen LogP contribution >= 0.6 is 0 Å². The molecule has 3 rings (SSSR count). The van der Waals surface area contributed by atoms with E-state index in [2.05, 4.69) is 5.32 Å². The molecule has 1 N–H and O–H groups in total. The number of carbonyl (C=O) groups excluding carboxylic acids is 3. The molecule has 0 radical (unpaired) electrons. The van der Waals surface area contributed by atoms with E-state index in [9.17, 15) is 14.4 Å². The zero-order chi connectivity index (χ0) is 19.2. The van der Waals surface area contributed by atoms with Gasteiger partial charge in [0.1, 0.15) is 0 Å². The minimum Gasteiger partial charge on any atom is -0.459 e. The van der Waals surface area contributed by atoms with E-state index in [4.69, 9.17) is 4.42 Å². The summed E-state index contributed by atoms with van der Waals surface area (Å²) in [6, 6.07) is 3.38. The molecule has 7 nitrogen and oxygen atoms in total. The third-order valence-corrected chi connectivity index (χ3v) is 5.62. The number of rotatable bonds is 5. The van der Waals surface area contributed by atoms with Crippen molar-refractivity contribution in [2.24, 2.45) is 5.92 Å². The Hall–Kier alpha value is -2.31. The van der Waals surface area contributed by atoms with Gasteiger partial charge in [0.2, 0.25) is 11.8 Å². The molecular formula is C20H29N3O4. The summed E-state index contributed by atoms with van der Waals surface area (Å²) in [6.07, 6.45) is 8.50. The number of nitrogens with one attached hydrogen (secondary N) is 1. The predicted octanol–water partition coefficient (Wildman–Crippen LogP) is 2.04. The van der Waals surface area contributed by atoms with E-state index in [1.165, 1.54) is 17.6 Å². The minimum absolute atomic E-state index is 0.0264. The van der Waals surface area contributed by atoms with Crippen molar-refractivity contribution in [1.29, 1.82) is 0 Å². The maximum absolute atomic E-state index is 12.5. The Morgan fingerprint density at radius 3 is 2.48 bits per heavy atom. The van der Waals surface area contributed by atoms with Crippen molar-refractivity contribution in [2.45, 2.75) is 51.0 Å². The van der Waals surface area contributed by atoms with Gasteiger partial charge >= 0.3 is 0 Å². The second-order valence-corrected chi connectivity index (χ2v) is 7.64. The number of likely N-dealkylation sites (tertiary alicyclic amines) is 1. The number of carbonyl (C=O) groups is 3. The van der Waals surface area contributed by atoms with Crippen LogP contribution in [0.15, 0.2) is 22.8 Å².